The lowest BCUT2D eigenvalue weighted by molar-refractivity contribution is 0.288. The van der Waals surface area contributed by atoms with Crippen LogP contribution in [0.4, 0.5) is 0 Å². The zero-order valence-corrected chi connectivity index (χ0v) is 25.4. The maximum Gasteiger partial charge on any atom is 0.235 e. The van der Waals surface area contributed by atoms with Gasteiger partial charge < -0.3 is 28.3 Å². The largest absolute Gasteiger partial charge is 0.494 e. The summed E-state index contributed by atoms with van der Waals surface area (Å²) in [5.74, 6) is 3.23. The Balaban J connectivity index is 2.47. The molecule has 0 N–H and O–H groups in total. The van der Waals surface area contributed by atoms with Crippen LogP contribution < -0.4 is 29.1 Å². The number of hydrogen-bond acceptors (Lipinski definition) is 6. The van der Waals surface area contributed by atoms with Crippen LogP contribution in [0.1, 0.15) is 74.1 Å². The molecule has 0 aliphatic rings. The molecule has 0 radical (unpaired) electrons. The lowest BCUT2D eigenvalue weighted by atomic mass is 9.97. The van der Waals surface area contributed by atoms with Crippen molar-refractivity contribution in [3.8, 4) is 40.0 Å². The average Bonchev–Trinajstić information content (AvgIpc) is 2.94. The number of nitrogens with zero attached hydrogens (tertiary/aromatic N) is 1. The summed E-state index contributed by atoms with van der Waals surface area (Å²) in [5, 5.41) is 0.513. The van der Waals surface area contributed by atoms with Crippen molar-refractivity contribution in [3.05, 3.63) is 40.6 Å². The minimum Gasteiger partial charge on any atom is -0.494 e. The van der Waals surface area contributed by atoms with Crippen molar-refractivity contribution in [2.75, 3.05) is 33.0 Å². The van der Waals surface area contributed by atoms with Crippen LogP contribution in [0.15, 0.2) is 35.1 Å². The van der Waals surface area contributed by atoms with E-state index in [0.29, 0.717) is 73.1 Å². The van der Waals surface area contributed by atoms with E-state index in [0.717, 1.165) is 49.0 Å². The average molecular weight is 554 g/mol. The van der Waals surface area contributed by atoms with Gasteiger partial charge in [0.1, 0.15) is 11.5 Å². The van der Waals surface area contributed by atoms with Gasteiger partial charge in [0, 0.05) is 24.2 Å². The number of benzene rings is 2. The maximum absolute atomic E-state index is 14.2. The van der Waals surface area contributed by atoms with E-state index in [9.17, 15) is 4.79 Å². The third kappa shape index (κ3) is 7.04. The molecule has 0 fully saturated rings. The topological polar surface area (TPSA) is 68.2 Å². The third-order valence-electron chi connectivity index (χ3n) is 6.96. The summed E-state index contributed by atoms with van der Waals surface area (Å²) in [5.41, 5.74) is 2.15. The van der Waals surface area contributed by atoms with Crippen LogP contribution in [0.2, 0.25) is 0 Å². The van der Waals surface area contributed by atoms with Crippen LogP contribution in [-0.2, 0) is 6.54 Å². The normalized spacial score (nSPS) is 11.9. The highest BCUT2D eigenvalue weighted by atomic mass is 16.5. The summed E-state index contributed by atoms with van der Waals surface area (Å²) >= 11 is 0. The van der Waals surface area contributed by atoms with Crippen LogP contribution in [0.3, 0.4) is 0 Å². The summed E-state index contributed by atoms with van der Waals surface area (Å²) < 4.78 is 32.2. The van der Waals surface area contributed by atoms with Crippen LogP contribution >= 0.6 is 0 Å². The molecule has 0 bridgehead atoms. The Bertz CT molecular complexity index is 1300. The Labute approximate surface area is 239 Å². The van der Waals surface area contributed by atoms with E-state index in [2.05, 4.69) is 18.4 Å². The van der Waals surface area contributed by atoms with Gasteiger partial charge in [0.05, 0.1) is 49.6 Å². The van der Waals surface area contributed by atoms with Gasteiger partial charge in [-0.05, 0) is 65.2 Å². The molecule has 0 amide bonds. The lowest BCUT2D eigenvalue weighted by Crippen LogP contribution is -2.21. The number of ether oxygens (including phenoxy) is 5. The number of rotatable bonds is 17. The van der Waals surface area contributed by atoms with E-state index in [-0.39, 0.29) is 5.43 Å². The number of unbranched alkanes of at least 4 members (excludes halogenated alkanes) is 1. The smallest absolute Gasteiger partial charge is 0.235 e. The van der Waals surface area contributed by atoms with Gasteiger partial charge in [-0.2, -0.15) is 0 Å². The zero-order valence-electron chi connectivity index (χ0n) is 25.4. The number of pyridine rings is 1. The molecule has 0 aliphatic heterocycles. The fraction of sp³-hybridized carbons (Fsp3) is 0.545. The standard InChI is InChI=1S/C33H47NO6/c1-8-15-16-23(9-2)22-34-26-20-25(36-10-3)21-29(39-13-6)30(26)32(35)33(40-14-7)31(34)24-17-18-27(37-11-4)28(19-24)38-12-5/h17-21,23H,8-16,22H2,1-7H3. The molecule has 1 heterocycles. The molecule has 0 saturated carbocycles. The third-order valence-corrected chi connectivity index (χ3v) is 6.96. The van der Waals surface area contributed by atoms with Crippen molar-refractivity contribution in [1.29, 1.82) is 0 Å². The van der Waals surface area contributed by atoms with Crippen LogP contribution in [-0.4, -0.2) is 37.6 Å². The molecule has 7 heteroatoms. The highest BCUT2D eigenvalue weighted by Crippen LogP contribution is 2.40. The molecule has 40 heavy (non-hydrogen) atoms. The van der Waals surface area contributed by atoms with E-state index in [4.69, 9.17) is 23.7 Å². The van der Waals surface area contributed by atoms with Gasteiger partial charge in [0.15, 0.2) is 17.2 Å². The Morgan fingerprint density at radius 3 is 2.00 bits per heavy atom. The molecule has 220 valence electrons. The molecule has 1 aromatic heterocycles. The van der Waals surface area contributed by atoms with E-state index in [1.54, 1.807) is 0 Å². The summed E-state index contributed by atoms with van der Waals surface area (Å²) in [4.78, 5) is 14.2. The second-order valence-corrected chi connectivity index (χ2v) is 9.68. The summed E-state index contributed by atoms with van der Waals surface area (Å²) in [6.07, 6.45) is 4.41. The van der Waals surface area contributed by atoms with Gasteiger partial charge in [0.2, 0.25) is 5.43 Å². The molecule has 7 nitrogen and oxygen atoms in total. The highest BCUT2D eigenvalue weighted by Gasteiger charge is 2.25. The molecule has 1 unspecified atom stereocenters. The molecular formula is C33H47NO6. The molecule has 0 saturated heterocycles. The number of aromatic nitrogens is 1. The Kier molecular flexibility index (Phi) is 12.0. The summed E-state index contributed by atoms with van der Waals surface area (Å²) in [6, 6.07) is 9.63. The van der Waals surface area contributed by atoms with Crippen molar-refractivity contribution < 1.29 is 23.7 Å². The molecular weight excluding hydrogens is 506 g/mol. The number of fused-ring (bicyclic) bond motifs is 1. The minimum atomic E-state index is -0.192. The van der Waals surface area contributed by atoms with E-state index in [1.165, 1.54) is 0 Å². The van der Waals surface area contributed by atoms with Gasteiger partial charge in [-0.1, -0.05) is 33.1 Å². The second-order valence-electron chi connectivity index (χ2n) is 9.68. The fourth-order valence-corrected chi connectivity index (χ4v) is 5.13. The van der Waals surface area contributed by atoms with Gasteiger partial charge in [-0.25, -0.2) is 0 Å². The van der Waals surface area contributed by atoms with Crippen molar-refractivity contribution in [1.82, 2.24) is 4.57 Å². The van der Waals surface area contributed by atoms with Crippen molar-refractivity contribution in [2.45, 2.75) is 80.7 Å². The van der Waals surface area contributed by atoms with Gasteiger partial charge in [0.25, 0.3) is 0 Å². The van der Waals surface area contributed by atoms with E-state index in [1.807, 2.05) is 65.0 Å². The molecule has 1 atom stereocenters. The first-order valence-corrected chi connectivity index (χ1v) is 15.0. The summed E-state index contributed by atoms with van der Waals surface area (Å²) in [7, 11) is 0. The first-order valence-electron chi connectivity index (χ1n) is 15.0. The zero-order chi connectivity index (χ0) is 29.1. The van der Waals surface area contributed by atoms with Crippen molar-refractivity contribution in [3.63, 3.8) is 0 Å². The molecule has 0 spiro atoms. The van der Waals surface area contributed by atoms with Crippen LogP contribution in [0.25, 0.3) is 22.2 Å². The quantitative estimate of drug-likeness (QED) is 0.169. The van der Waals surface area contributed by atoms with Gasteiger partial charge >= 0.3 is 0 Å². The molecule has 2 aromatic carbocycles. The van der Waals surface area contributed by atoms with Crippen molar-refractivity contribution >= 4 is 10.9 Å². The minimum absolute atomic E-state index is 0.192. The molecule has 3 aromatic rings. The molecule has 3 rings (SSSR count). The first-order chi connectivity index (χ1) is 19.5. The highest BCUT2D eigenvalue weighted by molar-refractivity contribution is 5.92. The maximum atomic E-state index is 14.2. The van der Waals surface area contributed by atoms with E-state index < -0.39 is 0 Å². The van der Waals surface area contributed by atoms with Crippen LogP contribution in [0.5, 0.6) is 28.7 Å². The predicted octanol–water partition coefficient (Wildman–Crippen LogP) is 7.88. The first kappa shape index (κ1) is 31.2. The monoisotopic (exact) mass is 553 g/mol. The Morgan fingerprint density at radius 1 is 0.725 bits per heavy atom. The van der Waals surface area contributed by atoms with Crippen LogP contribution in [0, 0.1) is 5.92 Å². The fourth-order valence-electron chi connectivity index (χ4n) is 5.13. The predicted molar refractivity (Wildman–Crippen MR) is 163 cm³/mol. The second kappa shape index (κ2) is 15.4. The number of hydrogen-bond donors (Lipinski definition) is 0. The SMILES string of the molecule is CCCCC(CC)Cn1c(-c2ccc(OCC)c(OCC)c2)c(OCC)c(=O)c2c(OCC)cc(OCC)cc21. The van der Waals surface area contributed by atoms with Crippen molar-refractivity contribution in [2.24, 2.45) is 5.92 Å². The van der Waals surface area contributed by atoms with Gasteiger partial charge in [-0.3, -0.25) is 4.79 Å². The summed E-state index contributed by atoms with van der Waals surface area (Å²) in [6.45, 7) is 17.2. The van der Waals surface area contributed by atoms with E-state index >= 15 is 0 Å². The Morgan fingerprint density at radius 2 is 1.38 bits per heavy atom. The molecule has 0 aliphatic carbocycles. The Hall–Kier alpha value is -3.35. The lowest BCUT2D eigenvalue weighted by Gasteiger charge is -2.26. The van der Waals surface area contributed by atoms with Gasteiger partial charge in [-0.15, -0.1) is 0 Å².